The van der Waals surface area contributed by atoms with E-state index in [4.69, 9.17) is 4.74 Å². The van der Waals surface area contributed by atoms with E-state index in [9.17, 15) is 22.8 Å². The number of carbonyl (C=O) groups excluding carboxylic acids is 3. The molecular weight excluding hydrogens is 388 g/mol. The largest absolute Gasteiger partial charge is 0.463 e. The lowest BCUT2D eigenvalue weighted by atomic mass is 10.3. The van der Waals surface area contributed by atoms with E-state index in [1.54, 1.807) is 20.8 Å². The quantitative estimate of drug-likeness (QED) is 0.480. The molecule has 1 aromatic carbocycles. The van der Waals surface area contributed by atoms with E-state index in [0.29, 0.717) is 5.69 Å². The zero-order chi connectivity index (χ0) is 21.3. The first kappa shape index (κ1) is 23.3. The smallest absolute Gasteiger partial charge is 0.331 e. The Balaban J connectivity index is 2.60. The molecule has 0 aliphatic carbocycles. The lowest BCUT2D eigenvalue weighted by Crippen LogP contribution is -2.33. The number of nitrogens with zero attached hydrogens (tertiary/aromatic N) is 1. The predicted molar refractivity (Wildman–Crippen MR) is 102 cm³/mol. The van der Waals surface area contributed by atoms with Crippen molar-refractivity contribution in [1.29, 1.82) is 0 Å². The minimum atomic E-state index is -3.62. The molecule has 0 aliphatic rings. The van der Waals surface area contributed by atoms with Crippen molar-refractivity contribution in [3.8, 4) is 0 Å². The summed E-state index contributed by atoms with van der Waals surface area (Å²) < 4.78 is 35.3. The zero-order valence-electron chi connectivity index (χ0n) is 16.2. The van der Waals surface area contributed by atoms with Crippen LogP contribution < -0.4 is 5.32 Å². The second kappa shape index (κ2) is 10.6. The van der Waals surface area contributed by atoms with Gasteiger partial charge in [-0.3, -0.25) is 4.79 Å². The molecule has 0 radical (unpaired) electrons. The van der Waals surface area contributed by atoms with Crippen molar-refractivity contribution in [2.75, 3.05) is 25.6 Å². The summed E-state index contributed by atoms with van der Waals surface area (Å²) in [6, 6.07) is 5.41. The summed E-state index contributed by atoms with van der Waals surface area (Å²) in [7, 11) is -2.13. The Labute approximate surface area is 164 Å². The fourth-order valence-electron chi connectivity index (χ4n) is 1.86. The number of esters is 2. The molecule has 9 nitrogen and oxygen atoms in total. The van der Waals surface area contributed by atoms with Gasteiger partial charge in [0.25, 0.3) is 5.91 Å². The Hall–Kier alpha value is -2.72. The average Bonchev–Trinajstić information content (AvgIpc) is 2.64. The molecule has 0 atom stereocenters. The lowest BCUT2D eigenvalue weighted by molar-refractivity contribution is -0.143. The third-order valence-corrected chi connectivity index (χ3v) is 5.58. The molecule has 0 spiro atoms. The molecule has 0 aliphatic heterocycles. The van der Waals surface area contributed by atoms with Crippen LogP contribution in [0.2, 0.25) is 0 Å². The molecule has 0 unspecified atom stereocenters. The van der Waals surface area contributed by atoms with E-state index in [1.807, 2.05) is 0 Å². The molecular formula is C18H24N2O7S. The molecule has 1 amide bonds. The van der Waals surface area contributed by atoms with Crippen LogP contribution in [0.15, 0.2) is 41.3 Å². The molecule has 1 aromatic rings. The number of hydrogen-bond acceptors (Lipinski definition) is 7. The van der Waals surface area contributed by atoms with Crippen molar-refractivity contribution < 1.29 is 32.3 Å². The topological polar surface area (TPSA) is 119 Å². The fraction of sp³-hybridized carbons (Fsp3) is 0.389. The number of ether oxygens (including phenoxy) is 2. The van der Waals surface area contributed by atoms with Crippen LogP contribution in [0.1, 0.15) is 20.8 Å². The normalized spacial score (nSPS) is 11.6. The van der Waals surface area contributed by atoms with Crippen molar-refractivity contribution in [3.63, 3.8) is 0 Å². The third kappa shape index (κ3) is 7.12. The molecule has 0 fully saturated rings. The summed E-state index contributed by atoms with van der Waals surface area (Å²) in [5, 5.41) is 2.47. The highest BCUT2D eigenvalue weighted by molar-refractivity contribution is 7.89. The van der Waals surface area contributed by atoms with Crippen LogP contribution in [-0.2, 0) is 33.9 Å². The molecule has 0 saturated carbocycles. The Kier molecular flexibility index (Phi) is 8.80. The average molecular weight is 412 g/mol. The third-order valence-electron chi connectivity index (χ3n) is 3.53. The van der Waals surface area contributed by atoms with Gasteiger partial charge in [0.1, 0.15) is 0 Å². The van der Waals surface area contributed by atoms with Crippen molar-refractivity contribution >= 4 is 33.6 Å². The van der Waals surface area contributed by atoms with Gasteiger partial charge in [0.05, 0.1) is 11.5 Å². The maximum absolute atomic E-state index is 12.4. The van der Waals surface area contributed by atoms with Gasteiger partial charge in [-0.05, 0) is 45.0 Å². The van der Waals surface area contributed by atoms with Crippen molar-refractivity contribution in [3.05, 3.63) is 36.4 Å². The Bertz CT molecular complexity index is 830. The maximum atomic E-state index is 12.4. The van der Waals surface area contributed by atoms with E-state index >= 15 is 0 Å². The molecule has 154 valence electrons. The van der Waals surface area contributed by atoms with E-state index in [2.05, 4.69) is 10.1 Å². The highest BCUT2D eigenvalue weighted by Gasteiger charge is 2.22. The Morgan fingerprint density at radius 1 is 1.07 bits per heavy atom. The van der Waals surface area contributed by atoms with Crippen molar-refractivity contribution in [2.24, 2.45) is 0 Å². The Morgan fingerprint density at radius 3 is 2.11 bits per heavy atom. The predicted octanol–water partition coefficient (Wildman–Crippen LogP) is 1.32. The Morgan fingerprint density at radius 2 is 1.61 bits per heavy atom. The van der Waals surface area contributed by atoms with Crippen LogP contribution >= 0.6 is 0 Å². The van der Waals surface area contributed by atoms with Gasteiger partial charge in [0, 0.05) is 30.9 Å². The van der Waals surface area contributed by atoms with Crippen molar-refractivity contribution in [2.45, 2.75) is 31.7 Å². The molecule has 28 heavy (non-hydrogen) atoms. The lowest BCUT2D eigenvalue weighted by Gasteiger charge is -2.21. The zero-order valence-corrected chi connectivity index (χ0v) is 17.0. The standard InChI is InChI=1S/C18H24N2O7S/c1-5-26-17(22)10-11-18(23)27-12-16(21)19-14-6-8-15(9-7-14)28(24,25)20(4)13(2)3/h6-11,13H,5,12H2,1-4H3,(H,19,21)/b11-10+. The van der Waals surface area contributed by atoms with Crippen LogP contribution in [0.5, 0.6) is 0 Å². The molecule has 10 heteroatoms. The summed E-state index contributed by atoms with van der Waals surface area (Å²) in [6.07, 6.45) is 1.76. The molecule has 0 aromatic heterocycles. The number of nitrogens with one attached hydrogen (secondary N) is 1. The number of benzene rings is 1. The van der Waals surface area contributed by atoms with Crippen LogP contribution in [0.4, 0.5) is 5.69 Å². The summed E-state index contributed by atoms with van der Waals surface area (Å²) in [4.78, 5) is 34.4. The number of hydrogen-bond donors (Lipinski definition) is 1. The highest BCUT2D eigenvalue weighted by Crippen LogP contribution is 2.19. The number of amides is 1. The van der Waals surface area contributed by atoms with Gasteiger partial charge >= 0.3 is 11.9 Å². The van der Waals surface area contributed by atoms with Gasteiger partial charge in [-0.25, -0.2) is 18.0 Å². The van der Waals surface area contributed by atoms with Gasteiger partial charge in [0.15, 0.2) is 6.61 Å². The van der Waals surface area contributed by atoms with E-state index in [1.165, 1.54) is 35.6 Å². The molecule has 0 saturated heterocycles. The highest BCUT2D eigenvalue weighted by atomic mass is 32.2. The molecule has 1 rings (SSSR count). The van der Waals surface area contributed by atoms with Crippen LogP contribution in [0, 0.1) is 0 Å². The second-order valence-corrected chi connectivity index (χ2v) is 7.88. The first-order valence-electron chi connectivity index (χ1n) is 8.47. The number of rotatable bonds is 9. The van der Waals surface area contributed by atoms with Crippen LogP contribution in [0.3, 0.4) is 0 Å². The van der Waals surface area contributed by atoms with Gasteiger partial charge in [-0.1, -0.05) is 0 Å². The van der Waals surface area contributed by atoms with Crippen LogP contribution in [0.25, 0.3) is 0 Å². The van der Waals surface area contributed by atoms with Gasteiger partial charge in [0.2, 0.25) is 10.0 Å². The molecule has 1 N–H and O–H groups in total. The molecule has 0 bridgehead atoms. The SMILES string of the molecule is CCOC(=O)/C=C/C(=O)OCC(=O)Nc1ccc(S(=O)(=O)N(C)C(C)C)cc1. The van der Waals surface area contributed by atoms with Crippen molar-refractivity contribution in [1.82, 2.24) is 4.31 Å². The maximum Gasteiger partial charge on any atom is 0.331 e. The first-order valence-corrected chi connectivity index (χ1v) is 9.91. The van der Waals surface area contributed by atoms with Gasteiger partial charge < -0.3 is 14.8 Å². The van der Waals surface area contributed by atoms with Gasteiger partial charge in [-0.2, -0.15) is 4.31 Å². The minimum absolute atomic E-state index is 0.0947. The van der Waals surface area contributed by atoms with Crippen LogP contribution in [-0.4, -0.2) is 56.9 Å². The monoisotopic (exact) mass is 412 g/mol. The molecule has 0 heterocycles. The summed E-state index contributed by atoms with van der Waals surface area (Å²) in [6.45, 7) is 4.75. The fourth-order valence-corrected chi connectivity index (χ4v) is 3.23. The number of anilines is 1. The summed E-state index contributed by atoms with van der Waals surface area (Å²) >= 11 is 0. The van der Waals surface area contributed by atoms with E-state index < -0.39 is 34.5 Å². The summed E-state index contributed by atoms with van der Waals surface area (Å²) in [5.74, 6) is -2.18. The summed E-state index contributed by atoms with van der Waals surface area (Å²) in [5.41, 5.74) is 0.342. The van der Waals surface area contributed by atoms with E-state index in [-0.39, 0.29) is 17.5 Å². The minimum Gasteiger partial charge on any atom is -0.463 e. The number of sulfonamides is 1. The van der Waals surface area contributed by atoms with E-state index in [0.717, 1.165) is 12.2 Å². The first-order chi connectivity index (χ1) is 13.1. The van der Waals surface area contributed by atoms with Gasteiger partial charge in [-0.15, -0.1) is 0 Å². The number of carbonyl (C=O) groups is 3. The second-order valence-electron chi connectivity index (χ2n) is 5.88.